The molecule has 1 unspecified atom stereocenters. The molecule has 27 valence electrons. The van der Waals surface area contributed by atoms with E-state index in [1.165, 1.54) is 0 Å². The van der Waals surface area contributed by atoms with Crippen molar-refractivity contribution in [1.29, 1.82) is 0 Å². The smallest absolute Gasteiger partial charge is 0.0994 e. The third kappa shape index (κ3) is 0.484. The Morgan fingerprint density at radius 1 is 2.00 bits per heavy atom. The van der Waals surface area contributed by atoms with E-state index in [2.05, 4.69) is 4.74 Å². The van der Waals surface area contributed by atoms with Crippen LogP contribution in [0, 0.1) is 6.58 Å². The second-order valence-electron chi connectivity index (χ2n) is 1.06. The molecular formula is C4H5O. The summed E-state index contributed by atoms with van der Waals surface area (Å²) in [5.41, 5.74) is 0. The van der Waals surface area contributed by atoms with Gasteiger partial charge in [0.05, 0.1) is 12.7 Å². The molecule has 0 aromatic rings. The molecule has 0 aromatic carbocycles. The van der Waals surface area contributed by atoms with Gasteiger partial charge in [0.1, 0.15) is 0 Å². The van der Waals surface area contributed by atoms with Gasteiger partial charge in [0.2, 0.25) is 0 Å². The van der Waals surface area contributed by atoms with Crippen molar-refractivity contribution < 1.29 is 4.74 Å². The quantitative estimate of drug-likeness (QED) is 0.405. The summed E-state index contributed by atoms with van der Waals surface area (Å²) in [6.07, 6.45) is 1.84. The first kappa shape index (κ1) is 2.91. The van der Waals surface area contributed by atoms with Gasteiger partial charge in [0.25, 0.3) is 0 Å². The molecule has 1 fully saturated rings. The third-order valence-corrected chi connectivity index (χ3v) is 0.574. The predicted octanol–water partition coefficient (Wildman–Crippen LogP) is 0.374. The normalized spacial score (nSPS) is 33.2. The minimum atomic E-state index is 0.287. The standard InChI is InChI=1S/C4H5O/c1-2-4-3-5-4/h1-2,4H,3H2. The lowest BCUT2D eigenvalue weighted by molar-refractivity contribution is 0.440. The highest BCUT2D eigenvalue weighted by atomic mass is 16.6. The minimum Gasteiger partial charge on any atom is -0.369 e. The Morgan fingerprint density at radius 2 is 2.60 bits per heavy atom. The van der Waals surface area contributed by atoms with Crippen molar-refractivity contribution in [1.82, 2.24) is 0 Å². The number of hydrogen-bond donors (Lipinski definition) is 0. The lowest BCUT2D eigenvalue weighted by atomic mass is 10.5. The van der Waals surface area contributed by atoms with Gasteiger partial charge in [-0.05, 0) is 0 Å². The molecule has 0 spiro atoms. The van der Waals surface area contributed by atoms with Crippen molar-refractivity contribution in [2.24, 2.45) is 0 Å². The fourth-order valence-corrected chi connectivity index (χ4v) is 0.167. The topological polar surface area (TPSA) is 12.5 Å². The van der Waals surface area contributed by atoms with E-state index in [0.717, 1.165) is 6.61 Å². The van der Waals surface area contributed by atoms with Crippen LogP contribution in [0.5, 0.6) is 0 Å². The van der Waals surface area contributed by atoms with Gasteiger partial charge in [0.15, 0.2) is 0 Å². The summed E-state index contributed by atoms with van der Waals surface area (Å²) >= 11 is 0. The van der Waals surface area contributed by atoms with Crippen LogP contribution in [0.2, 0.25) is 0 Å². The van der Waals surface area contributed by atoms with Crippen molar-refractivity contribution in [3.05, 3.63) is 12.7 Å². The molecule has 1 aliphatic heterocycles. The first-order valence-corrected chi connectivity index (χ1v) is 1.60. The van der Waals surface area contributed by atoms with E-state index >= 15 is 0 Å². The zero-order valence-corrected chi connectivity index (χ0v) is 2.85. The van der Waals surface area contributed by atoms with Crippen LogP contribution in [0.3, 0.4) is 0 Å². The largest absolute Gasteiger partial charge is 0.369 e. The van der Waals surface area contributed by atoms with E-state index in [1.807, 2.05) is 0 Å². The molecule has 1 nitrogen and oxygen atoms in total. The van der Waals surface area contributed by atoms with Gasteiger partial charge in [-0.1, -0.05) is 12.7 Å². The average Bonchev–Trinajstić information content (AvgIpc) is 2.12. The maximum atomic E-state index is 4.98. The van der Waals surface area contributed by atoms with Crippen LogP contribution < -0.4 is 0 Å². The second kappa shape index (κ2) is 0.830. The van der Waals surface area contributed by atoms with E-state index < -0.39 is 0 Å². The second-order valence-corrected chi connectivity index (χ2v) is 1.06. The maximum Gasteiger partial charge on any atom is 0.0994 e. The van der Waals surface area contributed by atoms with Gasteiger partial charge in [-0.3, -0.25) is 0 Å². The molecule has 1 heterocycles. The molecule has 1 aliphatic rings. The van der Waals surface area contributed by atoms with Crippen LogP contribution in [0.1, 0.15) is 0 Å². The molecule has 0 amide bonds. The highest BCUT2D eigenvalue weighted by Gasteiger charge is 2.16. The average molecular weight is 69.1 g/mol. The Kier molecular flexibility index (Phi) is 0.484. The maximum absolute atomic E-state index is 4.98. The molecule has 1 atom stereocenters. The summed E-state index contributed by atoms with van der Waals surface area (Å²) in [4.78, 5) is 0. The van der Waals surface area contributed by atoms with E-state index in [0.29, 0.717) is 0 Å². The lowest BCUT2D eigenvalue weighted by Crippen LogP contribution is -1.66. The Hall–Kier alpha value is -0.300. The van der Waals surface area contributed by atoms with Crippen LogP contribution in [0.25, 0.3) is 0 Å². The van der Waals surface area contributed by atoms with Gasteiger partial charge in [-0.25, -0.2) is 0 Å². The fraction of sp³-hybridized carbons (Fsp3) is 0.500. The molecule has 0 saturated carbocycles. The molecule has 0 aliphatic carbocycles. The van der Waals surface area contributed by atoms with Crippen molar-refractivity contribution >= 4 is 0 Å². The molecule has 1 heteroatoms. The first-order valence-electron chi connectivity index (χ1n) is 1.60. The minimum absolute atomic E-state index is 0.287. The van der Waals surface area contributed by atoms with Crippen LogP contribution >= 0.6 is 0 Å². The van der Waals surface area contributed by atoms with Crippen LogP contribution in [-0.4, -0.2) is 12.7 Å². The Labute approximate surface area is 31.3 Å². The molecule has 1 radical (unpaired) electrons. The Bertz CT molecular complexity index is 45.6. The molecule has 5 heavy (non-hydrogen) atoms. The SMILES string of the molecule is [CH]=CC1CO1. The highest BCUT2D eigenvalue weighted by molar-refractivity contribution is 4.85. The third-order valence-electron chi connectivity index (χ3n) is 0.574. The molecule has 1 saturated heterocycles. The van der Waals surface area contributed by atoms with Crippen molar-refractivity contribution in [2.75, 3.05) is 6.61 Å². The Balaban J connectivity index is 2.21. The van der Waals surface area contributed by atoms with Gasteiger partial charge < -0.3 is 4.74 Å². The number of ether oxygens (including phenoxy) is 1. The Morgan fingerprint density at radius 3 is 2.60 bits per heavy atom. The van der Waals surface area contributed by atoms with E-state index in [4.69, 9.17) is 6.58 Å². The van der Waals surface area contributed by atoms with Gasteiger partial charge in [-0.2, -0.15) is 0 Å². The highest BCUT2D eigenvalue weighted by Crippen LogP contribution is 2.07. The fourth-order valence-electron chi connectivity index (χ4n) is 0.167. The summed E-state index contributed by atoms with van der Waals surface area (Å²) < 4.78 is 4.68. The first-order chi connectivity index (χ1) is 2.43. The van der Waals surface area contributed by atoms with Gasteiger partial charge >= 0.3 is 0 Å². The molecular weight excluding hydrogens is 64.0 g/mol. The van der Waals surface area contributed by atoms with Gasteiger partial charge in [-0.15, -0.1) is 0 Å². The summed E-state index contributed by atoms with van der Waals surface area (Å²) in [6.45, 7) is 5.81. The van der Waals surface area contributed by atoms with Crippen LogP contribution in [0.4, 0.5) is 0 Å². The molecule has 0 bridgehead atoms. The molecule has 1 rings (SSSR count). The zero-order chi connectivity index (χ0) is 3.70. The zero-order valence-electron chi connectivity index (χ0n) is 2.85. The summed E-state index contributed by atoms with van der Waals surface area (Å²) in [5.74, 6) is 0. The summed E-state index contributed by atoms with van der Waals surface area (Å²) in [5, 5.41) is 0. The number of hydrogen-bond acceptors (Lipinski definition) is 1. The van der Waals surface area contributed by atoms with Crippen molar-refractivity contribution in [3.8, 4) is 0 Å². The van der Waals surface area contributed by atoms with Crippen molar-refractivity contribution in [3.63, 3.8) is 0 Å². The number of epoxide rings is 1. The van der Waals surface area contributed by atoms with Crippen LogP contribution in [0.15, 0.2) is 6.08 Å². The predicted molar refractivity (Wildman–Crippen MR) is 18.6 cm³/mol. The monoisotopic (exact) mass is 69.0 g/mol. The number of rotatable bonds is 1. The summed E-state index contributed by atoms with van der Waals surface area (Å²) in [7, 11) is 0. The van der Waals surface area contributed by atoms with E-state index in [-0.39, 0.29) is 6.10 Å². The molecule has 0 N–H and O–H groups in total. The lowest BCUT2D eigenvalue weighted by Gasteiger charge is -1.59. The van der Waals surface area contributed by atoms with Gasteiger partial charge in [0, 0.05) is 0 Å². The molecule has 0 aromatic heterocycles. The van der Waals surface area contributed by atoms with Crippen LogP contribution in [-0.2, 0) is 4.74 Å². The summed E-state index contributed by atoms with van der Waals surface area (Å²) in [6, 6.07) is 0. The van der Waals surface area contributed by atoms with E-state index in [9.17, 15) is 0 Å². The van der Waals surface area contributed by atoms with E-state index in [1.54, 1.807) is 6.08 Å². The van der Waals surface area contributed by atoms with Crippen molar-refractivity contribution in [2.45, 2.75) is 6.10 Å².